The Hall–Kier alpha value is -2.88. The molecule has 0 radical (unpaired) electrons. The number of aromatic nitrogens is 3. The molecule has 1 aliphatic heterocycles. The van der Waals surface area contributed by atoms with E-state index in [1.54, 1.807) is 11.3 Å². The lowest BCUT2D eigenvalue weighted by atomic mass is 10.1. The smallest absolute Gasteiger partial charge is 0.156 e. The van der Waals surface area contributed by atoms with Crippen LogP contribution in [0.5, 0.6) is 0 Å². The summed E-state index contributed by atoms with van der Waals surface area (Å²) < 4.78 is 0. The fourth-order valence-electron chi connectivity index (χ4n) is 3.92. The lowest BCUT2D eigenvalue weighted by Crippen LogP contribution is -2.24. The van der Waals surface area contributed by atoms with Gasteiger partial charge in [0.15, 0.2) is 5.84 Å². The molecule has 5 N–H and O–H groups in total. The summed E-state index contributed by atoms with van der Waals surface area (Å²) in [6, 6.07) is 10.1. The van der Waals surface area contributed by atoms with Crippen LogP contribution < -0.4 is 11.1 Å². The van der Waals surface area contributed by atoms with Gasteiger partial charge in [-0.05, 0) is 49.2 Å². The number of aliphatic imine (C=N–C) groups is 1. The van der Waals surface area contributed by atoms with Gasteiger partial charge in [0, 0.05) is 36.5 Å². The van der Waals surface area contributed by atoms with Crippen LogP contribution in [0.3, 0.4) is 0 Å². The fourth-order valence-corrected chi connectivity index (χ4v) is 4.76. The summed E-state index contributed by atoms with van der Waals surface area (Å²) in [5.74, 6) is 1.55. The molecule has 1 saturated heterocycles. The number of hydrogen-bond acceptors (Lipinski definition) is 6. The molecule has 2 aromatic heterocycles. The van der Waals surface area contributed by atoms with E-state index in [1.807, 2.05) is 30.5 Å². The molecule has 4 rings (SSSR count). The molecule has 9 heteroatoms. The molecule has 0 bridgehead atoms. The molecular weight excluding hydrogens is 420 g/mol. The van der Waals surface area contributed by atoms with E-state index in [1.165, 1.54) is 0 Å². The third kappa shape index (κ3) is 5.12. The Morgan fingerprint density at radius 3 is 3.00 bits per heavy atom. The monoisotopic (exact) mass is 450 g/mol. The first kappa shape index (κ1) is 22.3. The SMILES string of the molecule is CC(C)c1nnc(-c2cccc(N/C(=N/C=N)c3[nH]ccc3CN3CCC(CN)C3)c2)s1. The van der Waals surface area contributed by atoms with Gasteiger partial charge in [0.2, 0.25) is 0 Å². The highest BCUT2D eigenvalue weighted by molar-refractivity contribution is 7.14. The number of H-pyrrole nitrogens is 1. The minimum Gasteiger partial charge on any atom is -0.358 e. The lowest BCUT2D eigenvalue weighted by molar-refractivity contribution is 0.318. The first-order chi connectivity index (χ1) is 15.6. The van der Waals surface area contributed by atoms with Crippen LogP contribution in [0.2, 0.25) is 0 Å². The molecule has 1 fully saturated rings. The summed E-state index contributed by atoms with van der Waals surface area (Å²) in [6.07, 6.45) is 4.14. The van der Waals surface area contributed by atoms with Gasteiger partial charge in [-0.2, -0.15) is 0 Å². The minimum atomic E-state index is 0.357. The third-order valence-electron chi connectivity index (χ3n) is 5.67. The zero-order valence-electron chi connectivity index (χ0n) is 18.5. The number of amidine groups is 1. The second-order valence-corrected chi connectivity index (χ2v) is 9.43. The highest BCUT2D eigenvalue weighted by Gasteiger charge is 2.23. The maximum atomic E-state index is 7.56. The van der Waals surface area contributed by atoms with Crippen LogP contribution in [0.15, 0.2) is 41.5 Å². The Kier molecular flexibility index (Phi) is 7.09. The molecule has 168 valence electrons. The first-order valence-electron chi connectivity index (χ1n) is 10.9. The van der Waals surface area contributed by atoms with Crippen molar-refractivity contribution in [2.75, 3.05) is 25.0 Å². The average molecular weight is 451 g/mol. The molecular formula is C23H30N8S. The summed E-state index contributed by atoms with van der Waals surface area (Å²) in [6.45, 7) is 7.88. The second-order valence-electron chi connectivity index (χ2n) is 8.42. The molecule has 8 nitrogen and oxygen atoms in total. The van der Waals surface area contributed by atoms with Crippen molar-refractivity contribution >= 4 is 29.2 Å². The number of benzene rings is 1. The number of anilines is 1. The first-order valence-corrected chi connectivity index (χ1v) is 11.8. The predicted octanol–water partition coefficient (Wildman–Crippen LogP) is 3.90. The van der Waals surface area contributed by atoms with Crippen LogP contribution in [-0.2, 0) is 6.54 Å². The second kappa shape index (κ2) is 10.2. The van der Waals surface area contributed by atoms with Gasteiger partial charge in [0.25, 0.3) is 0 Å². The number of likely N-dealkylation sites (tertiary alicyclic amines) is 1. The van der Waals surface area contributed by atoms with Crippen LogP contribution in [-0.4, -0.2) is 51.9 Å². The van der Waals surface area contributed by atoms with Crippen molar-refractivity contribution in [2.45, 2.75) is 32.7 Å². The predicted molar refractivity (Wildman–Crippen MR) is 132 cm³/mol. The lowest BCUT2D eigenvalue weighted by Gasteiger charge is -2.17. The van der Waals surface area contributed by atoms with Crippen molar-refractivity contribution in [3.63, 3.8) is 0 Å². The van der Waals surface area contributed by atoms with Gasteiger partial charge >= 0.3 is 0 Å². The van der Waals surface area contributed by atoms with Crippen LogP contribution >= 0.6 is 11.3 Å². The van der Waals surface area contributed by atoms with Gasteiger partial charge in [-0.1, -0.05) is 37.3 Å². The highest BCUT2D eigenvalue weighted by atomic mass is 32.1. The number of aromatic amines is 1. The number of rotatable bonds is 8. The number of nitrogens with zero attached hydrogens (tertiary/aromatic N) is 4. The van der Waals surface area contributed by atoms with Gasteiger partial charge < -0.3 is 16.0 Å². The Bertz CT molecular complexity index is 1080. The van der Waals surface area contributed by atoms with E-state index < -0.39 is 0 Å². The van der Waals surface area contributed by atoms with E-state index in [0.717, 1.165) is 71.5 Å². The van der Waals surface area contributed by atoms with E-state index in [9.17, 15) is 0 Å². The normalized spacial score (nSPS) is 17.2. The summed E-state index contributed by atoms with van der Waals surface area (Å²) in [7, 11) is 0. The Morgan fingerprint density at radius 2 is 2.28 bits per heavy atom. The molecule has 1 aromatic carbocycles. The van der Waals surface area contributed by atoms with Gasteiger partial charge in [-0.3, -0.25) is 10.3 Å². The Morgan fingerprint density at radius 1 is 1.41 bits per heavy atom. The molecule has 0 amide bonds. The zero-order chi connectivity index (χ0) is 22.5. The van der Waals surface area contributed by atoms with Crippen LogP contribution in [0.1, 0.15) is 42.5 Å². The molecule has 0 saturated carbocycles. The molecule has 0 aliphatic carbocycles. The summed E-state index contributed by atoms with van der Waals surface area (Å²) in [5, 5.41) is 21.5. The van der Waals surface area contributed by atoms with Crippen molar-refractivity contribution in [1.82, 2.24) is 20.1 Å². The molecule has 0 spiro atoms. The van der Waals surface area contributed by atoms with Gasteiger partial charge in [-0.15, -0.1) is 10.2 Å². The van der Waals surface area contributed by atoms with Gasteiger partial charge in [0.1, 0.15) is 16.4 Å². The van der Waals surface area contributed by atoms with Crippen molar-refractivity contribution in [3.8, 4) is 10.6 Å². The third-order valence-corrected chi connectivity index (χ3v) is 6.94. The quantitative estimate of drug-likeness (QED) is 0.306. The van der Waals surface area contributed by atoms with Crippen molar-refractivity contribution in [3.05, 3.63) is 52.8 Å². The van der Waals surface area contributed by atoms with Crippen molar-refractivity contribution in [1.29, 1.82) is 5.41 Å². The van der Waals surface area contributed by atoms with Crippen molar-refractivity contribution < 1.29 is 0 Å². The zero-order valence-corrected chi connectivity index (χ0v) is 19.3. The van der Waals surface area contributed by atoms with Crippen LogP contribution in [0.4, 0.5) is 5.69 Å². The Labute approximate surface area is 192 Å². The molecule has 1 aliphatic rings. The van der Waals surface area contributed by atoms with E-state index in [-0.39, 0.29) is 0 Å². The van der Waals surface area contributed by atoms with E-state index >= 15 is 0 Å². The average Bonchev–Trinajstić information content (AvgIpc) is 3.55. The van der Waals surface area contributed by atoms with E-state index in [4.69, 9.17) is 11.1 Å². The molecule has 1 atom stereocenters. The summed E-state index contributed by atoms with van der Waals surface area (Å²) in [5.41, 5.74) is 9.78. The molecule has 3 aromatic rings. The summed E-state index contributed by atoms with van der Waals surface area (Å²) in [4.78, 5) is 10.0. The number of nitrogens with one attached hydrogen (secondary N) is 3. The van der Waals surface area contributed by atoms with Crippen LogP contribution in [0, 0.1) is 11.3 Å². The molecule has 3 heterocycles. The fraction of sp³-hybridized carbons (Fsp3) is 0.391. The number of hydrogen-bond donors (Lipinski definition) is 4. The maximum Gasteiger partial charge on any atom is 0.156 e. The highest BCUT2D eigenvalue weighted by Crippen LogP contribution is 2.29. The standard InChI is InChI=1S/C23H30N8S/c1-15(2)22-29-30-23(32-22)17-4-3-5-19(10-17)28-21(27-14-25)20-18(6-8-26-20)13-31-9-7-16(11-24)12-31/h3-6,8,10,14-16,26H,7,9,11-13,24H2,1-2H3,(H2,25,27,28). The summed E-state index contributed by atoms with van der Waals surface area (Å²) >= 11 is 1.61. The molecule has 32 heavy (non-hydrogen) atoms. The van der Waals surface area contributed by atoms with E-state index in [2.05, 4.69) is 50.3 Å². The van der Waals surface area contributed by atoms with E-state index in [0.29, 0.717) is 17.7 Å². The Balaban J connectivity index is 1.53. The topological polar surface area (TPSA) is 119 Å². The minimum absolute atomic E-state index is 0.357. The van der Waals surface area contributed by atoms with Gasteiger partial charge in [0.05, 0.1) is 5.69 Å². The largest absolute Gasteiger partial charge is 0.358 e. The van der Waals surface area contributed by atoms with Crippen molar-refractivity contribution in [2.24, 2.45) is 16.6 Å². The molecule has 1 unspecified atom stereocenters. The maximum absolute atomic E-state index is 7.56. The van der Waals surface area contributed by atoms with Crippen LogP contribution in [0.25, 0.3) is 10.6 Å². The number of nitrogens with two attached hydrogens (primary N) is 1. The van der Waals surface area contributed by atoms with Gasteiger partial charge in [-0.25, -0.2) is 4.99 Å².